The van der Waals surface area contributed by atoms with Crippen molar-refractivity contribution in [3.05, 3.63) is 29.5 Å². The van der Waals surface area contributed by atoms with Crippen LogP contribution in [-0.4, -0.2) is 11.7 Å². The third-order valence-electron chi connectivity index (χ3n) is 2.73. The van der Waals surface area contributed by atoms with Gasteiger partial charge in [-0.25, -0.2) is 0 Å². The standard InChI is InChI=1S/C12H16N2O/c1-8(7-13)6-10-4-3-5-11-9(2)14-15-12(10)11/h3-5,8H,6-7,13H2,1-2H3. The van der Waals surface area contributed by atoms with Crippen LogP contribution in [0.1, 0.15) is 18.2 Å². The molecule has 1 heterocycles. The number of benzene rings is 1. The summed E-state index contributed by atoms with van der Waals surface area (Å²) in [6.07, 6.45) is 0.947. The highest BCUT2D eigenvalue weighted by molar-refractivity contribution is 5.82. The molecule has 15 heavy (non-hydrogen) atoms. The fourth-order valence-corrected chi connectivity index (χ4v) is 1.76. The van der Waals surface area contributed by atoms with E-state index in [9.17, 15) is 0 Å². The number of para-hydroxylation sites is 1. The van der Waals surface area contributed by atoms with Gasteiger partial charge in [-0.2, -0.15) is 0 Å². The molecule has 0 fully saturated rings. The number of hydrogen-bond donors (Lipinski definition) is 1. The van der Waals surface area contributed by atoms with E-state index in [1.165, 1.54) is 5.56 Å². The molecular formula is C12H16N2O. The van der Waals surface area contributed by atoms with Crippen molar-refractivity contribution >= 4 is 11.0 Å². The Balaban J connectivity index is 2.43. The SMILES string of the molecule is Cc1noc2c(CC(C)CN)cccc12. The van der Waals surface area contributed by atoms with E-state index in [-0.39, 0.29) is 0 Å². The summed E-state index contributed by atoms with van der Waals surface area (Å²) < 4.78 is 5.33. The first-order valence-electron chi connectivity index (χ1n) is 5.26. The molecule has 0 amide bonds. The van der Waals surface area contributed by atoms with Crippen LogP contribution in [0.2, 0.25) is 0 Å². The first-order valence-corrected chi connectivity index (χ1v) is 5.26. The molecule has 0 aliphatic heterocycles. The zero-order valence-corrected chi connectivity index (χ0v) is 9.16. The number of nitrogens with two attached hydrogens (primary N) is 1. The molecule has 3 heteroatoms. The van der Waals surface area contributed by atoms with Crippen molar-refractivity contribution in [2.75, 3.05) is 6.54 Å². The average Bonchev–Trinajstić information content (AvgIpc) is 2.62. The first-order chi connectivity index (χ1) is 7.22. The van der Waals surface area contributed by atoms with Crippen LogP contribution in [0.15, 0.2) is 22.7 Å². The smallest absolute Gasteiger partial charge is 0.170 e. The maximum Gasteiger partial charge on any atom is 0.170 e. The van der Waals surface area contributed by atoms with Gasteiger partial charge in [0.05, 0.1) is 5.69 Å². The molecule has 80 valence electrons. The minimum Gasteiger partial charge on any atom is -0.356 e. The summed E-state index contributed by atoms with van der Waals surface area (Å²) in [4.78, 5) is 0. The number of aryl methyl sites for hydroxylation is 1. The van der Waals surface area contributed by atoms with Gasteiger partial charge in [-0.3, -0.25) is 0 Å². The highest BCUT2D eigenvalue weighted by Gasteiger charge is 2.10. The maximum atomic E-state index is 5.62. The van der Waals surface area contributed by atoms with E-state index in [1.54, 1.807) is 0 Å². The minimum absolute atomic E-state index is 0.473. The number of fused-ring (bicyclic) bond motifs is 1. The molecule has 0 spiro atoms. The summed E-state index contributed by atoms with van der Waals surface area (Å²) in [5, 5.41) is 5.09. The molecule has 0 aliphatic carbocycles. The Morgan fingerprint density at radius 2 is 2.27 bits per heavy atom. The number of hydrogen-bond acceptors (Lipinski definition) is 3. The third kappa shape index (κ3) is 1.88. The third-order valence-corrected chi connectivity index (χ3v) is 2.73. The van der Waals surface area contributed by atoms with Gasteiger partial charge in [0.25, 0.3) is 0 Å². The van der Waals surface area contributed by atoms with Gasteiger partial charge in [0.2, 0.25) is 0 Å². The van der Waals surface area contributed by atoms with Crippen LogP contribution in [0.3, 0.4) is 0 Å². The Labute approximate surface area is 89.2 Å². The topological polar surface area (TPSA) is 52.0 Å². The molecular weight excluding hydrogens is 188 g/mol. The Morgan fingerprint density at radius 3 is 3.00 bits per heavy atom. The molecule has 0 saturated heterocycles. The summed E-state index contributed by atoms with van der Waals surface area (Å²) in [5.74, 6) is 0.473. The summed E-state index contributed by atoms with van der Waals surface area (Å²) in [5.41, 5.74) is 8.69. The molecule has 2 aromatic rings. The van der Waals surface area contributed by atoms with E-state index < -0.39 is 0 Å². The summed E-state index contributed by atoms with van der Waals surface area (Å²) in [6.45, 7) is 4.80. The second kappa shape index (κ2) is 4.03. The lowest BCUT2D eigenvalue weighted by Gasteiger charge is -2.07. The first kappa shape index (κ1) is 10.2. The van der Waals surface area contributed by atoms with Gasteiger partial charge in [-0.15, -0.1) is 0 Å². The maximum absolute atomic E-state index is 5.62. The van der Waals surface area contributed by atoms with Crippen molar-refractivity contribution in [3.8, 4) is 0 Å². The van der Waals surface area contributed by atoms with Crippen LogP contribution < -0.4 is 5.73 Å². The zero-order chi connectivity index (χ0) is 10.8. The average molecular weight is 204 g/mol. The van der Waals surface area contributed by atoms with Crippen LogP contribution in [-0.2, 0) is 6.42 Å². The van der Waals surface area contributed by atoms with Crippen LogP contribution in [0.5, 0.6) is 0 Å². The molecule has 3 nitrogen and oxygen atoms in total. The van der Waals surface area contributed by atoms with E-state index in [0.717, 1.165) is 23.1 Å². The molecule has 1 unspecified atom stereocenters. The van der Waals surface area contributed by atoms with Crippen LogP contribution >= 0.6 is 0 Å². The van der Waals surface area contributed by atoms with Gasteiger partial charge in [-0.05, 0) is 37.4 Å². The lowest BCUT2D eigenvalue weighted by atomic mass is 9.99. The van der Waals surface area contributed by atoms with Crippen molar-refractivity contribution in [2.45, 2.75) is 20.3 Å². The quantitative estimate of drug-likeness (QED) is 0.834. The van der Waals surface area contributed by atoms with Gasteiger partial charge in [0.1, 0.15) is 0 Å². The van der Waals surface area contributed by atoms with Crippen molar-refractivity contribution in [2.24, 2.45) is 11.7 Å². The second-order valence-corrected chi connectivity index (χ2v) is 4.11. The van der Waals surface area contributed by atoms with Gasteiger partial charge in [-0.1, -0.05) is 24.2 Å². The Morgan fingerprint density at radius 1 is 1.47 bits per heavy atom. The van der Waals surface area contributed by atoms with Crippen LogP contribution in [0, 0.1) is 12.8 Å². The fraction of sp³-hybridized carbons (Fsp3) is 0.417. The number of aromatic nitrogens is 1. The van der Waals surface area contributed by atoms with Crippen molar-refractivity contribution < 1.29 is 4.52 Å². The molecule has 1 aromatic carbocycles. The van der Waals surface area contributed by atoms with E-state index in [1.807, 2.05) is 19.1 Å². The fourth-order valence-electron chi connectivity index (χ4n) is 1.76. The lowest BCUT2D eigenvalue weighted by Crippen LogP contribution is -2.13. The second-order valence-electron chi connectivity index (χ2n) is 4.11. The molecule has 0 bridgehead atoms. The van der Waals surface area contributed by atoms with Crippen molar-refractivity contribution in [1.82, 2.24) is 5.16 Å². The van der Waals surface area contributed by atoms with Gasteiger partial charge >= 0.3 is 0 Å². The number of rotatable bonds is 3. The molecule has 0 radical (unpaired) electrons. The summed E-state index contributed by atoms with van der Waals surface area (Å²) in [6, 6.07) is 6.17. The van der Waals surface area contributed by atoms with Crippen molar-refractivity contribution in [1.29, 1.82) is 0 Å². The molecule has 0 aliphatic rings. The molecule has 2 N–H and O–H groups in total. The van der Waals surface area contributed by atoms with Gasteiger partial charge in [0.15, 0.2) is 5.58 Å². The predicted octanol–water partition coefficient (Wildman–Crippen LogP) is 2.27. The van der Waals surface area contributed by atoms with E-state index in [0.29, 0.717) is 12.5 Å². The lowest BCUT2D eigenvalue weighted by molar-refractivity contribution is 0.445. The molecule has 1 atom stereocenters. The Hall–Kier alpha value is -1.35. The van der Waals surface area contributed by atoms with Gasteiger partial charge < -0.3 is 10.3 Å². The Bertz CT molecular complexity index is 462. The van der Waals surface area contributed by atoms with E-state index in [2.05, 4.69) is 18.1 Å². The molecule has 1 aromatic heterocycles. The van der Waals surface area contributed by atoms with E-state index in [4.69, 9.17) is 10.3 Å². The molecule has 2 rings (SSSR count). The predicted molar refractivity (Wildman–Crippen MR) is 60.7 cm³/mol. The summed E-state index contributed by atoms with van der Waals surface area (Å²) >= 11 is 0. The van der Waals surface area contributed by atoms with Gasteiger partial charge in [0, 0.05) is 5.39 Å². The van der Waals surface area contributed by atoms with Crippen LogP contribution in [0.25, 0.3) is 11.0 Å². The number of nitrogens with zero attached hydrogens (tertiary/aromatic N) is 1. The molecule has 0 saturated carbocycles. The normalized spacial score (nSPS) is 13.3. The monoisotopic (exact) mass is 204 g/mol. The largest absolute Gasteiger partial charge is 0.356 e. The zero-order valence-electron chi connectivity index (χ0n) is 9.16. The van der Waals surface area contributed by atoms with E-state index >= 15 is 0 Å². The Kier molecular flexibility index (Phi) is 2.73. The van der Waals surface area contributed by atoms with Crippen LogP contribution in [0.4, 0.5) is 0 Å². The minimum atomic E-state index is 0.473. The van der Waals surface area contributed by atoms with Crippen molar-refractivity contribution in [3.63, 3.8) is 0 Å². The summed E-state index contributed by atoms with van der Waals surface area (Å²) in [7, 11) is 0. The highest BCUT2D eigenvalue weighted by atomic mass is 16.5. The highest BCUT2D eigenvalue weighted by Crippen LogP contribution is 2.23.